The van der Waals surface area contributed by atoms with Crippen LogP contribution in [0.3, 0.4) is 0 Å². The van der Waals surface area contributed by atoms with Crippen molar-refractivity contribution in [3.63, 3.8) is 0 Å². The third-order valence-corrected chi connectivity index (χ3v) is 1.78. The Morgan fingerprint density at radius 1 is 1.10 bits per heavy atom. The SMILES string of the molecule is CC=CC(CCC)CCC. The highest BCUT2D eigenvalue weighted by Gasteiger charge is 1.99. The van der Waals surface area contributed by atoms with Crippen LogP contribution < -0.4 is 0 Å². The first-order valence-corrected chi connectivity index (χ1v) is 4.47. The third-order valence-electron chi connectivity index (χ3n) is 1.78. The van der Waals surface area contributed by atoms with Crippen LogP contribution in [0.4, 0.5) is 0 Å². The fourth-order valence-corrected chi connectivity index (χ4v) is 1.35. The molecule has 0 spiro atoms. The van der Waals surface area contributed by atoms with Gasteiger partial charge in [0.05, 0.1) is 0 Å². The van der Waals surface area contributed by atoms with Gasteiger partial charge in [-0.25, -0.2) is 0 Å². The minimum Gasteiger partial charge on any atom is -0.0914 e. The highest BCUT2D eigenvalue weighted by molar-refractivity contribution is 4.84. The van der Waals surface area contributed by atoms with Gasteiger partial charge in [0.2, 0.25) is 0 Å². The van der Waals surface area contributed by atoms with Crippen molar-refractivity contribution in [1.29, 1.82) is 0 Å². The number of allylic oxidation sites excluding steroid dienone is 2. The van der Waals surface area contributed by atoms with E-state index in [4.69, 9.17) is 0 Å². The van der Waals surface area contributed by atoms with Crippen molar-refractivity contribution in [3.8, 4) is 0 Å². The molecule has 0 unspecified atom stereocenters. The van der Waals surface area contributed by atoms with Gasteiger partial charge in [0.15, 0.2) is 0 Å². The Balaban J connectivity index is 3.50. The smallest absolute Gasteiger partial charge is 0.0234 e. The molecule has 0 fully saturated rings. The van der Waals surface area contributed by atoms with Crippen molar-refractivity contribution in [3.05, 3.63) is 12.2 Å². The molecule has 0 nitrogen and oxygen atoms in total. The maximum Gasteiger partial charge on any atom is -0.0234 e. The molecule has 0 aromatic rings. The first-order valence-electron chi connectivity index (χ1n) is 4.47. The summed E-state index contributed by atoms with van der Waals surface area (Å²) in [5.74, 6) is 0.847. The van der Waals surface area contributed by atoms with Gasteiger partial charge in [-0.2, -0.15) is 0 Å². The Kier molecular flexibility index (Phi) is 6.68. The molecule has 0 heteroatoms. The van der Waals surface area contributed by atoms with Crippen LogP contribution in [-0.4, -0.2) is 0 Å². The average Bonchev–Trinajstić information content (AvgIpc) is 1.90. The monoisotopic (exact) mass is 140 g/mol. The molecule has 0 aromatic heterocycles. The fourth-order valence-electron chi connectivity index (χ4n) is 1.35. The first-order chi connectivity index (χ1) is 4.85. The molecule has 0 aliphatic rings. The predicted octanol–water partition coefficient (Wildman–Crippen LogP) is 3.78. The van der Waals surface area contributed by atoms with E-state index in [9.17, 15) is 0 Å². The molecule has 0 saturated carbocycles. The highest BCUT2D eigenvalue weighted by Crippen LogP contribution is 2.14. The van der Waals surface area contributed by atoms with Crippen LogP contribution in [-0.2, 0) is 0 Å². The van der Waals surface area contributed by atoms with E-state index in [-0.39, 0.29) is 0 Å². The van der Waals surface area contributed by atoms with Gasteiger partial charge in [-0.15, -0.1) is 0 Å². The van der Waals surface area contributed by atoms with Gasteiger partial charge >= 0.3 is 0 Å². The van der Waals surface area contributed by atoms with Crippen molar-refractivity contribution >= 4 is 0 Å². The zero-order chi connectivity index (χ0) is 7.82. The molecular formula is C10H20. The van der Waals surface area contributed by atoms with Gasteiger partial charge in [0.25, 0.3) is 0 Å². The topological polar surface area (TPSA) is 0 Å². The molecule has 0 amide bonds. The summed E-state index contributed by atoms with van der Waals surface area (Å²) in [6.07, 6.45) is 9.86. The maximum absolute atomic E-state index is 2.34. The standard InChI is InChI=1S/C10H20/c1-4-7-10(8-5-2)9-6-3/h4,7,10H,5-6,8-9H2,1-3H3. The summed E-state index contributed by atoms with van der Waals surface area (Å²) < 4.78 is 0. The van der Waals surface area contributed by atoms with E-state index in [0.717, 1.165) is 5.92 Å². The van der Waals surface area contributed by atoms with Crippen LogP contribution in [0.15, 0.2) is 12.2 Å². The summed E-state index contributed by atoms with van der Waals surface area (Å²) in [6, 6.07) is 0. The van der Waals surface area contributed by atoms with Crippen molar-refractivity contribution in [2.75, 3.05) is 0 Å². The second-order valence-electron chi connectivity index (χ2n) is 2.86. The van der Waals surface area contributed by atoms with Gasteiger partial charge in [0.1, 0.15) is 0 Å². The van der Waals surface area contributed by atoms with E-state index >= 15 is 0 Å². The lowest BCUT2D eigenvalue weighted by Gasteiger charge is -2.08. The minimum atomic E-state index is 0.847. The fraction of sp³-hybridized carbons (Fsp3) is 0.800. The molecule has 60 valence electrons. The quantitative estimate of drug-likeness (QED) is 0.510. The Morgan fingerprint density at radius 3 is 1.90 bits per heavy atom. The lowest BCUT2D eigenvalue weighted by atomic mass is 9.98. The van der Waals surface area contributed by atoms with Crippen molar-refractivity contribution in [2.24, 2.45) is 5.92 Å². The number of rotatable bonds is 5. The van der Waals surface area contributed by atoms with Gasteiger partial charge < -0.3 is 0 Å². The summed E-state index contributed by atoms with van der Waals surface area (Å²) in [4.78, 5) is 0. The van der Waals surface area contributed by atoms with Crippen LogP contribution in [0.5, 0.6) is 0 Å². The molecule has 0 radical (unpaired) electrons. The van der Waals surface area contributed by atoms with Crippen molar-refractivity contribution in [1.82, 2.24) is 0 Å². The van der Waals surface area contributed by atoms with Crippen molar-refractivity contribution < 1.29 is 0 Å². The number of hydrogen-bond acceptors (Lipinski definition) is 0. The number of hydrogen-bond donors (Lipinski definition) is 0. The Bertz CT molecular complexity index is 76.0. The van der Waals surface area contributed by atoms with Crippen LogP contribution in [0.25, 0.3) is 0 Å². The highest BCUT2D eigenvalue weighted by atomic mass is 14.0. The zero-order valence-corrected chi connectivity index (χ0v) is 7.56. The van der Waals surface area contributed by atoms with Crippen LogP contribution in [0, 0.1) is 5.92 Å². The second kappa shape index (κ2) is 6.85. The van der Waals surface area contributed by atoms with Gasteiger partial charge in [-0.05, 0) is 25.7 Å². The molecule has 0 atom stereocenters. The molecule has 0 aliphatic carbocycles. The minimum absolute atomic E-state index is 0.847. The van der Waals surface area contributed by atoms with E-state index in [1.807, 2.05) is 0 Å². The average molecular weight is 140 g/mol. The Labute approximate surface area is 65.3 Å². The van der Waals surface area contributed by atoms with E-state index < -0.39 is 0 Å². The maximum atomic E-state index is 2.34. The van der Waals surface area contributed by atoms with E-state index in [2.05, 4.69) is 32.9 Å². The van der Waals surface area contributed by atoms with Crippen LogP contribution >= 0.6 is 0 Å². The largest absolute Gasteiger partial charge is 0.0914 e. The molecular weight excluding hydrogens is 120 g/mol. The molecule has 0 aromatic carbocycles. The normalized spacial score (nSPS) is 11.6. The first kappa shape index (κ1) is 9.74. The summed E-state index contributed by atoms with van der Waals surface area (Å²) in [7, 11) is 0. The van der Waals surface area contributed by atoms with E-state index in [0.29, 0.717) is 0 Å². The van der Waals surface area contributed by atoms with Gasteiger partial charge in [-0.3, -0.25) is 0 Å². The van der Waals surface area contributed by atoms with Crippen molar-refractivity contribution in [2.45, 2.75) is 46.5 Å². The summed E-state index contributed by atoms with van der Waals surface area (Å²) in [5, 5.41) is 0. The summed E-state index contributed by atoms with van der Waals surface area (Å²) in [5.41, 5.74) is 0. The molecule has 0 rings (SSSR count). The molecule has 0 heterocycles. The van der Waals surface area contributed by atoms with Gasteiger partial charge in [0, 0.05) is 0 Å². The zero-order valence-electron chi connectivity index (χ0n) is 7.56. The van der Waals surface area contributed by atoms with Gasteiger partial charge in [-0.1, -0.05) is 38.8 Å². The third kappa shape index (κ3) is 4.60. The lowest BCUT2D eigenvalue weighted by molar-refractivity contribution is 0.529. The van der Waals surface area contributed by atoms with Crippen LogP contribution in [0.2, 0.25) is 0 Å². The molecule has 0 N–H and O–H groups in total. The molecule has 0 bridgehead atoms. The molecule has 0 aliphatic heterocycles. The van der Waals surface area contributed by atoms with Crippen LogP contribution in [0.1, 0.15) is 46.5 Å². The predicted molar refractivity (Wildman–Crippen MR) is 48.1 cm³/mol. The summed E-state index contributed by atoms with van der Waals surface area (Å²) >= 11 is 0. The lowest BCUT2D eigenvalue weighted by Crippen LogP contribution is -1.94. The molecule has 10 heavy (non-hydrogen) atoms. The molecule has 0 saturated heterocycles. The Hall–Kier alpha value is -0.260. The van der Waals surface area contributed by atoms with E-state index in [1.165, 1.54) is 25.7 Å². The second-order valence-corrected chi connectivity index (χ2v) is 2.86. The van der Waals surface area contributed by atoms with E-state index in [1.54, 1.807) is 0 Å². The summed E-state index contributed by atoms with van der Waals surface area (Å²) in [6.45, 7) is 6.62. The Morgan fingerprint density at radius 2 is 1.60 bits per heavy atom.